The zero-order chi connectivity index (χ0) is 26.4. The first-order valence-electron chi connectivity index (χ1n) is 11.3. The lowest BCUT2D eigenvalue weighted by molar-refractivity contribution is -0.286. The van der Waals surface area contributed by atoms with Crippen molar-refractivity contribution in [3.05, 3.63) is 53.1 Å². The van der Waals surface area contributed by atoms with Crippen molar-refractivity contribution < 1.29 is 46.1 Å². The summed E-state index contributed by atoms with van der Waals surface area (Å²) in [6.45, 7) is 2.50. The predicted octanol–water partition coefficient (Wildman–Crippen LogP) is 6.21. The van der Waals surface area contributed by atoms with Crippen LogP contribution in [-0.2, 0) is 9.59 Å². The van der Waals surface area contributed by atoms with Crippen LogP contribution in [0.25, 0.3) is 0 Å². The summed E-state index contributed by atoms with van der Waals surface area (Å²) in [4.78, 5) is 24.6. The highest BCUT2D eigenvalue weighted by Crippen LogP contribution is 2.47. The van der Waals surface area contributed by atoms with E-state index in [1.54, 1.807) is 25.1 Å². The molecule has 194 valence electrons. The number of amides is 1. The Morgan fingerprint density at radius 3 is 2.33 bits per heavy atom. The summed E-state index contributed by atoms with van der Waals surface area (Å²) < 4.78 is 76.7. The number of aliphatic carboxylic acids is 1. The maximum absolute atomic E-state index is 13.7. The van der Waals surface area contributed by atoms with E-state index in [4.69, 9.17) is 0 Å². The fourth-order valence-electron chi connectivity index (χ4n) is 4.47. The molecule has 1 aliphatic carbocycles. The van der Waals surface area contributed by atoms with Gasteiger partial charge in [-0.2, -0.15) is 13.2 Å². The molecule has 0 bridgehead atoms. The topological polar surface area (TPSA) is 84.9 Å². The lowest BCUT2D eigenvalue weighted by Crippen LogP contribution is -2.34. The van der Waals surface area contributed by atoms with Gasteiger partial charge in [-0.15, -0.1) is 8.78 Å². The predicted molar refractivity (Wildman–Crippen MR) is 118 cm³/mol. The van der Waals surface area contributed by atoms with E-state index < -0.39 is 41.9 Å². The normalized spacial score (nSPS) is 18.9. The van der Waals surface area contributed by atoms with E-state index >= 15 is 0 Å². The van der Waals surface area contributed by atoms with Crippen molar-refractivity contribution in [1.82, 2.24) is 0 Å². The number of anilines is 1. The molecule has 0 spiro atoms. The number of halogens is 5. The molecule has 3 atom stereocenters. The summed E-state index contributed by atoms with van der Waals surface area (Å²) in [6.07, 6.45) is -7.07. The number of hydrogen-bond donors (Lipinski definition) is 2. The molecule has 36 heavy (non-hydrogen) atoms. The fourth-order valence-corrected chi connectivity index (χ4v) is 4.47. The average Bonchev–Trinajstić information content (AvgIpc) is 3.55. The number of aryl methyl sites for hydroxylation is 1. The second-order valence-electron chi connectivity index (χ2n) is 9.29. The van der Waals surface area contributed by atoms with Gasteiger partial charge < -0.3 is 19.9 Å². The Balaban J connectivity index is 1.65. The average molecular weight is 513 g/mol. The van der Waals surface area contributed by atoms with E-state index in [1.807, 2.05) is 0 Å². The summed E-state index contributed by atoms with van der Waals surface area (Å²) >= 11 is 0. The molecule has 1 saturated carbocycles. The molecule has 0 radical (unpaired) electrons. The summed E-state index contributed by atoms with van der Waals surface area (Å²) in [7, 11) is 0. The van der Waals surface area contributed by atoms with E-state index in [9.17, 15) is 36.6 Å². The first kappa shape index (κ1) is 25.7. The summed E-state index contributed by atoms with van der Waals surface area (Å²) in [5.74, 6) is -6.81. The monoisotopic (exact) mass is 513 g/mol. The van der Waals surface area contributed by atoms with Crippen molar-refractivity contribution in [2.45, 2.75) is 57.4 Å². The van der Waals surface area contributed by atoms with Crippen LogP contribution in [0.3, 0.4) is 0 Å². The van der Waals surface area contributed by atoms with Gasteiger partial charge in [0.05, 0.1) is 18.3 Å². The van der Waals surface area contributed by atoms with Crippen molar-refractivity contribution in [1.29, 1.82) is 0 Å². The molecule has 4 rings (SSSR count). The third-order valence-electron chi connectivity index (χ3n) is 6.62. The lowest BCUT2D eigenvalue weighted by Gasteiger charge is -2.26. The minimum atomic E-state index is -4.77. The van der Waals surface area contributed by atoms with Gasteiger partial charge in [-0.05, 0) is 66.5 Å². The molecular formula is C25H24F5NO5. The fraction of sp³-hybridized carbons (Fsp3) is 0.440. The zero-order valence-electron chi connectivity index (χ0n) is 19.4. The van der Waals surface area contributed by atoms with Crippen molar-refractivity contribution in [3.8, 4) is 11.5 Å². The van der Waals surface area contributed by atoms with Crippen LogP contribution in [0.15, 0.2) is 36.4 Å². The highest BCUT2D eigenvalue weighted by atomic mass is 19.4. The van der Waals surface area contributed by atoms with Crippen molar-refractivity contribution >= 4 is 17.6 Å². The van der Waals surface area contributed by atoms with Crippen molar-refractivity contribution in [2.24, 2.45) is 11.8 Å². The molecule has 0 saturated heterocycles. The number of benzene rings is 2. The lowest BCUT2D eigenvalue weighted by atomic mass is 9.85. The van der Waals surface area contributed by atoms with Gasteiger partial charge in [0.2, 0.25) is 5.91 Å². The Hall–Kier alpha value is -3.37. The van der Waals surface area contributed by atoms with Crippen molar-refractivity contribution in [3.63, 3.8) is 0 Å². The van der Waals surface area contributed by atoms with Gasteiger partial charge in [-0.25, -0.2) is 0 Å². The second kappa shape index (κ2) is 9.25. The maximum atomic E-state index is 13.7. The zero-order valence-corrected chi connectivity index (χ0v) is 19.4. The highest BCUT2D eigenvalue weighted by molar-refractivity contribution is 5.97. The first-order valence-corrected chi connectivity index (χ1v) is 11.3. The Morgan fingerprint density at radius 2 is 1.72 bits per heavy atom. The molecule has 2 aliphatic rings. The molecule has 1 fully saturated rings. The third kappa shape index (κ3) is 5.55. The number of hydrogen-bond acceptors (Lipinski definition) is 4. The van der Waals surface area contributed by atoms with Gasteiger partial charge in [-0.1, -0.05) is 25.1 Å². The van der Waals surface area contributed by atoms with Crippen LogP contribution in [0.2, 0.25) is 0 Å². The molecular weight excluding hydrogens is 489 g/mol. The van der Waals surface area contributed by atoms with Crippen molar-refractivity contribution in [2.75, 3.05) is 5.32 Å². The number of carbonyl (C=O) groups is 2. The van der Waals surface area contributed by atoms with Crippen LogP contribution < -0.4 is 14.8 Å². The summed E-state index contributed by atoms with van der Waals surface area (Å²) in [6, 6.07) is 8.12. The molecule has 1 amide bonds. The molecule has 2 aromatic carbocycles. The summed E-state index contributed by atoms with van der Waals surface area (Å²) in [5.41, 5.74) is 1.32. The molecule has 0 aromatic heterocycles. The Labute approximate surface area is 203 Å². The quantitative estimate of drug-likeness (QED) is 0.411. The van der Waals surface area contributed by atoms with E-state index in [0.717, 1.165) is 38.0 Å². The first-order chi connectivity index (χ1) is 16.7. The van der Waals surface area contributed by atoms with Gasteiger partial charge in [0.1, 0.15) is 0 Å². The maximum Gasteiger partial charge on any atom is 0.586 e. The van der Waals surface area contributed by atoms with Crippen LogP contribution in [0.4, 0.5) is 27.6 Å². The van der Waals surface area contributed by atoms with Crippen LogP contribution in [0, 0.1) is 18.8 Å². The number of carbonyl (C=O) groups excluding carboxylic acids is 1. The number of carboxylic acid groups (broad SMARTS) is 1. The smallest absolute Gasteiger partial charge is 0.481 e. The number of ether oxygens (including phenoxy) is 2. The van der Waals surface area contributed by atoms with Crippen LogP contribution >= 0.6 is 0 Å². The van der Waals surface area contributed by atoms with Gasteiger partial charge in [0.25, 0.3) is 0 Å². The van der Waals surface area contributed by atoms with E-state index in [1.165, 1.54) is 0 Å². The SMILES string of the molecule is Cc1ccc([C@@H](CC(=O)O)C2CC2)cc1NC(=O)[C@H](c1ccc2c(c1)OC(F)(F)O2)[C@@H](C)C(F)(F)F. The molecule has 2 aromatic rings. The number of carboxylic acids is 1. The van der Waals surface area contributed by atoms with Gasteiger partial charge >= 0.3 is 18.4 Å². The molecule has 0 unspecified atom stereocenters. The molecule has 1 aliphatic heterocycles. The summed E-state index contributed by atoms with van der Waals surface area (Å²) in [5, 5.41) is 11.8. The minimum Gasteiger partial charge on any atom is -0.481 e. The Morgan fingerprint density at radius 1 is 1.08 bits per heavy atom. The molecule has 2 N–H and O–H groups in total. The molecule has 1 heterocycles. The second-order valence-corrected chi connectivity index (χ2v) is 9.29. The number of rotatable bonds is 8. The van der Waals surface area contributed by atoms with Crippen LogP contribution in [0.1, 0.15) is 54.7 Å². The van der Waals surface area contributed by atoms with E-state index in [-0.39, 0.29) is 35.3 Å². The molecule has 11 heteroatoms. The van der Waals surface area contributed by atoms with Gasteiger partial charge in [-0.3, -0.25) is 9.59 Å². The van der Waals surface area contributed by atoms with Gasteiger partial charge in [0, 0.05) is 5.69 Å². The standard InChI is InChI=1S/C25H24F5NO5/c1-12-3-4-15(17(11-21(32)33)14-5-6-14)9-18(12)31-23(34)22(13(2)24(26,27)28)16-7-8-19-20(10-16)36-25(29,30)35-19/h3-4,7-10,13-14,17,22H,5-6,11H2,1-2H3,(H,31,34)(H,32,33)/t13-,17+,22+/m1/s1. The van der Waals surface area contributed by atoms with E-state index in [0.29, 0.717) is 11.1 Å². The number of nitrogens with one attached hydrogen (secondary N) is 1. The Kier molecular flexibility index (Phi) is 6.61. The van der Waals surface area contributed by atoms with Crippen LogP contribution in [-0.4, -0.2) is 29.5 Å². The van der Waals surface area contributed by atoms with E-state index in [2.05, 4.69) is 14.8 Å². The minimum absolute atomic E-state index is 0.101. The largest absolute Gasteiger partial charge is 0.586 e. The molecule has 6 nitrogen and oxygen atoms in total. The Bertz CT molecular complexity index is 1180. The van der Waals surface area contributed by atoms with Gasteiger partial charge in [0.15, 0.2) is 11.5 Å². The third-order valence-corrected chi connectivity index (χ3v) is 6.62. The van der Waals surface area contributed by atoms with Crippen LogP contribution in [0.5, 0.6) is 11.5 Å². The highest BCUT2D eigenvalue weighted by Gasteiger charge is 2.47. The number of fused-ring (bicyclic) bond motifs is 1. The number of alkyl halides is 5.